The van der Waals surface area contributed by atoms with Crippen LogP contribution >= 0.6 is 0 Å². The Morgan fingerprint density at radius 2 is 1.71 bits per heavy atom. The fourth-order valence-corrected chi connectivity index (χ4v) is 3.02. The molecule has 2 aromatic rings. The lowest BCUT2D eigenvalue weighted by molar-refractivity contribution is 0.111. The summed E-state index contributed by atoms with van der Waals surface area (Å²) in [4.78, 5) is 11.1. The molecule has 0 bridgehead atoms. The maximum Gasteiger partial charge on any atom is 0.160 e. The Bertz CT molecular complexity index is 712. The number of carbonyl (C=O) groups is 1. The number of aryl methyl sites for hydroxylation is 2. The third kappa shape index (κ3) is 3.33. The smallest absolute Gasteiger partial charge is 0.160 e. The maximum atomic E-state index is 13.9. The molecular formula is C15H13F2NO2S. The molecule has 2 aromatic carbocycles. The van der Waals surface area contributed by atoms with Crippen LogP contribution < -0.4 is 4.72 Å². The van der Waals surface area contributed by atoms with Gasteiger partial charge in [0.25, 0.3) is 0 Å². The number of nitrogens with one attached hydrogen (secondary N) is 1. The molecule has 0 fully saturated rings. The third-order valence-corrected chi connectivity index (χ3v) is 3.93. The Kier molecular flexibility index (Phi) is 4.47. The third-order valence-electron chi connectivity index (χ3n) is 2.86. The van der Waals surface area contributed by atoms with E-state index >= 15 is 0 Å². The fourth-order valence-electron chi connectivity index (χ4n) is 1.95. The first kappa shape index (κ1) is 15.3. The van der Waals surface area contributed by atoms with E-state index in [-0.39, 0.29) is 12.0 Å². The molecule has 21 heavy (non-hydrogen) atoms. The Labute approximate surface area is 123 Å². The summed E-state index contributed by atoms with van der Waals surface area (Å²) in [7, 11) is -1.71. The van der Waals surface area contributed by atoms with Gasteiger partial charge in [0.15, 0.2) is 12.1 Å². The maximum absolute atomic E-state index is 13.9. The van der Waals surface area contributed by atoms with Crippen molar-refractivity contribution in [1.29, 1.82) is 0 Å². The summed E-state index contributed by atoms with van der Waals surface area (Å²) < 4.78 is 41.8. The van der Waals surface area contributed by atoms with Crippen molar-refractivity contribution < 1.29 is 17.8 Å². The molecule has 1 atom stereocenters. The van der Waals surface area contributed by atoms with Gasteiger partial charge in [0.1, 0.15) is 16.8 Å². The second-order valence-electron chi connectivity index (χ2n) is 4.63. The quantitative estimate of drug-likeness (QED) is 0.878. The van der Waals surface area contributed by atoms with Crippen LogP contribution in [-0.2, 0) is 11.0 Å². The summed E-state index contributed by atoms with van der Waals surface area (Å²) in [5, 5.41) is 0. The number of benzene rings is 2. The lowest BCUT2D eigenvalue weighted by atomic mass is 10.2. The van der Waals surface area contributed by atoms with Crippen LogP contribution in [0.15, 0.2) is 35.2 Å². The van der Waals surface area contributed by atoms with Crippen molar-refractivity contribution in [3.8, 4) is 0 Å². The zero-order valence-electron chi connectivity index (χ0n) is 11.4. The number of hydrogen-bond donors (Lipinski definition) is 1. The molecule has 1 N–H and O–H groups in total. The molecule has 0 radical (unpaired) electrons. The molecule has 0 aliphatic carbocycles. The molecule has 1 unspecified atom stereocenters. The molecule has 0 saturated carbocycles. The molecule has 2 rings (SSSR count). The molecule has 0 saturated heterocycles. The largest absolute Gasteiger partial charge is 0.298 e. The Hall–Kier alpha value is -2.08. The number of hydrogen-bond acceptors (Lipinski definition) is 2. The van der Waals surface area contributed by atoms with E-state index in [4.69, 9.17) is 0 Å². The SMILES string of the molecule is Cc1cc(C)cc(S(=O)Nc2ccc(F)c(C=O)c2F)c1. The van der Waals surface area contributed by atoms with E-state index in [2.05, 4.69) is 4.72 Å². The average molecular weight is 309 g/mol. The van der Waals surface area contributed by atoms with E-state index < -0.39 is 28.2 Å². The molecule has 0 spiro atoms. The number of aldehydes is 1. The predicted molar refractivity (Wildman–Crippen MR) is 77.7 cm³/mol. The van der Waals surface area contributed by atoms with Crippen molar-refractivity contribution in [2.45, 2.75) is 18.7 Å². The van der Waals surface area contributed by atoms with Crippen LogP contribution in [0.4, 0.5) is 14.5 Å². The lowest BCUT2D eigenvalue weighted by Crippen LogP contribution is -2.08. The number of rotatable bonds is 4. The minimum atomic E-state index is -1.71. The van der Waals surface area contributed by atoms with Crippen molar-refractivity contribution in [3.05, 3.63) is 58.7 Å². The van der Waals surface area contributed by atoms with Crippen LogP contribution in [0.3, 0.4) is 0 Å². The molecule has 6 heteroatoms. The van der Waals surface area contributed by atoms with E-state index in [9.17, 15) is 17.8 Å². The fraction of sp³-hybridized carbons (Fsp3) is 0.133. The Morgan fingerprint density at radius 1 is 1.10 bits per heavy atom. The number of carbonyl (C=O) groups excluding carboxylic acids is 1. The molecule has 110 valence electrons. The van der Waals surface area contributed by atoms with Crippen LogP contribution in [0.2, 0.25) is 0 Å². The van der Waals surface area contributed by atoms with Crippen molar-refractivity contribution in [3.63, 3.8) is 0 Å². The molecule has 0 heterocycles. The van der Waals surface area contributed by atoms with Gasteiger partial charge in [-0.2, -0.15) is 0 Å². The molecule has 0 amide bonds. The monoisotopic (exact) mass is 309 g/mol. The molecule has 0 aliphatic heterocycles. The van der Waals surface area contributed by atoms with Gasteiger partial charge in [-0.1, -0.05) is 6.07 Å². The van der Waals surface area contributed by atoms with Crippen LogP contribution in [0, 0.1) is 25.5 Å². The summed E-state index contributed by atoms with van der Waals surface area (Å²) in [5.41, 5.74) is 0.982. The van der Waals surface area contributed by atoms with Gasteiger partial charge in [-0.15, -0.1) is 0 Å². The second kappa shape index (κ2) is 6.13. The van der Waals surface area contributed by atoms with Gasteiger partial charge in [0.05, 0.1) is 16.1 Å². The topological polar surface area (TPSA) is 46.2 Å². The van der Waals surface area contributed by atoms with Crippen molar-refractivity contribution in [2.75, 3.05) is 4.72 Å². The van der Waals surface area contributed by atoms with Gasteiger partial charge in [0.2, 0.25) is 0 Å². The highest BCUT2D eigenvalue weighted by atomic mass is 32.2. The van der Waals surface area contributed by atoms with Gasteiger partial charge < -0.3 is 0 Å². The minimum absolute atomic E-state index is 0.0928. The molecule has 3 nitrogen and oxygen atoms in total. The van der Waals surface area contributed by atoms with Gasteiger partial charge >= 0.3 is 0 Å². The van der Waals surface area contributed by atoms with Crippen LogP contribution in [-0.4, -0.2) is 10.5 Å². The van der Waals surface area contributed by atoms with Gasteiger partial charge in [-0.25, -0.2) is 13.0 Å². The summed E-state index contributed by atoms with van der Waals surface area (Å²) in [6, 6.07) is 7.39. The van der Waals surface area contributed by atoms with E-state index in [1.54, 1.807) is 12.1 Å². The first-order chi connectivity index (χ1) is 9.92. The zero-order valence-corrected chi connectivity index (χ0v) is 12.3. The van der Waals surface area contributed by atoms with Crippen LogP contribution in [0.25, 0.3) is 0 Å². The van der Waals surface area contributed by atoms with E-state index in [1.807, 2.05) is 19.9 Å². The number of halogens is 2. The molecular weight excluding hydrogens is 296 g/mol. The highest BCUT2D eigenvalue weighted by Crippen LogP contribution is 2.22. The van der Waals surface area contributed by atoms with E-state index in [0.717, 1.165) is 23.3 Å². The van der Waals surface area contributed by atoms with E-state index in [1.165, 1.54) is 0 Å². The molecule has 0 aliphatic rings. The summed E-state index contributed by atoms with van der Waals surface area (Å²) >= 11 is 0. The summed E-state index contributed by atoms with van der Waals surface area (Å²) in [5.74, 6) is -2.01. The van der Waals surface area contributed by atoms with Crippen molar-refractivity contribution in [1.82, 2.24) is 0 Å². The number of anilines is 1. The first-order valence-electron chi connectivity index (χ1n) is 6.12. The van der Waals surface area contributed by atoms with Crippen LogP contribution in [0.5, 0.6) is 0 Å². The van der Waals surface area contributed by atoms with Crippen molar-refractivity contribution >= 4 is 23.0 Å². The highest BCUT2D eigenvalue weighted by molar-refractivity contribution is 7.86. The van der Waals surface area contributed by atoms with Gasteiger partial charge in [0, 0.05) is 0 Å². The van der Waals surface area contributed by atoms with Crippen LogP contribution in [0.1, 0.15) is 21.5 Å². The first-order valence-corrected chi connectivity index (χ1v) is 7.27. The second-order valence-corrected chi connectivity index (χ2v) is 5.85. The van der Waals surface area contributed by atoms with Gasteiger partial charge in [-0.3, -0.25) is 9.52 Å². The van der Waals surface area contributed by atoms with Gasteiger partial charge in [-0.05, 0) is 49.2 Å². The summed E-state index contributed by atoms with van der Waals surface area (Å²) in [6.45, 7) is 3.72. The predicted octanol–water partition coefficient (Wildman–Crippen LogP) is 3.53. The van der Waals surface area contributed by atoms with Crippen molar-refractivity contribution in [2.24, 2.45) is 0 Å². The normalized spacial score (nSPS) is 12.0. The Balaban J connectivity index is 2.34. The average Bonchev–Trinajstić information content (AvgIpc) is 2.41. The molecule has 0 aromatic heterocycles. The highest BCUT2D eigenvalue weighted by Gasteiger charge is 2.15. The Morgan fingerprint density at radius 3 is 2.29 bits per heavy atom. The minimum Gasteiger partial charge on any atom is -0.298 e. The zero-order chi connectivity index (χ0) is 15.6. The standard InChI is InChI=1S/C15H13F2NO2S/c1-9-5-10(2)7-11(6-9)21(20)18-14-4-3-13(16)12(8-19)15(14)17/h3-8,18H,1-2H3. The van der Waals surface area contributed by atoms with E-state index in [0.29, 0.717) is 4.90 Å². The lowest BCUT2D eigenvalue weighted by Gasteiger charge is -2.10. The summed E-state index contributed by atoms with van der Waals surface area (Å²) in [6.07, 6.45) is 0.0928.